The second-order valence-corrected chi connectivity index (χ2v) is 5.02. The minimum Gasteiger partial charge on any atom is -0.480 e. The molecule has 0 aromatic heterocycles. The van der Waals surface area contributed by atoms with Crippen molar-refractivity contribution < 1.29 is 30.0 Å². The van der Waals surface area contributed by atoms with E-state index in [0.717, 1.165) is 0 Å². The zero-order valence-corrected chi connectivity index (χ0v) is 9.92. The van der Waals surface area contributed by atoms with Gasteiger partial charge in [-0.2, -0.15) is 0 Å². The molecule has 0 aliphatic carbocycles. The number of hydrogen-bond acceptors (Lipinski definition) is 7. The lowest BCUT2D eigenvalue weighted by molar-refractivity contribution is -0.138. The number of aliphatic carboxylic acids is 1. The number of carbonyl (C=O) groups is 1. The van der Waals surface area contributed by atoms with Gasteiger partial charge in [-0.1, -0.05) is 0 Å². The molecule has 0 amide bonds. The largest absolute Gasteiger partial charge is 0.480 e. The summed E-state index contributed by atoms with van der Waals surface area (Å²) in [5.74, 6) is -0.688. The Morgan fingerprint density at radius 2 is 2.06 bits per heavy atom. The highest BCUT2D eigenvalue weighted by atomic mass is 32.2. The summed E-state index contributed by atoms with van der Waals surface area (Å²) in [5.41, 5.74) is 4.65. The number of hydrogen-bond donors (Lipinski definition) is 5. The van der Waals surface area contributed by atoms with Crippen molar-refractivity contribution in [3.8, 4) is 0 Å². The third-order valence-electron chi connectivity index (χ3n) is 2.53. The second kappa shape index (κ2) is 6.53. The Kier molecular flexibility index (Phi) is 5.63. The van der Waals surface area contributed by atoms with Crippen molar-refractivity contribution in [1.29, 1.82) is 0 Å². The van der Waals surface area contributed by atoms with Crippen molar-refractivity contribution >= 4 is 17.7 Å². The van der Waals surface area contributed by atoms with Crippen LogP contribution < -0.4 is 5.73 Å². The molecule has 100 valence electrons. The first-order valence-corrected chi connectivity index (χ1v) is 6.24. The quantitative estimate of drug-likeness (QED) is 0.372. The van der Waals surface area contributed by atoms with Crippen LogP contribution in [0, 0.1) is 0 Å². The molecule has 0 saturated carbocycles. The maximum atomic E-state index is 10.5. The van der Waals surface area contributed by atoms with Crippen LogP contribution in [-0.2, 0) is 9.53 Å². The summed E-state index contributed by atoms with van der Waals surface area (Å²) in [4.78, 5) is 10.5. The summed E-state index contributed by atoms with van der Waals surface area (Å²) in [5, 5.41) is 36.5. The van der Waals surface area contributed by atoms with Gasteiger partial charge >= 0.3 is 5.97 Å². The van der Waals surface area contributed by atoms with E-state index in [1.807, 2.05) is 0 Å². The van der Waals surface area contributed by atoms with E-state index >= 15 is 0 Å². The summed E-state index contributed by atoms with van der Waals surface area (Å²) < 4.78 is 5.20. The first kappa shape index (κ1) is 14.7. The zero-order valence-electron chi connectivity index (χ0n) is 9.10. The van der Waals surface area contributed by atoms with Crippen LogP contribution in [0.2, 0.25) is 0 Å². The van der Waals surface area contributed by atoms with Gasteiger partial charge in [0.05, 0.1) is 6.61 Å². The maximum Gasteiger partial charge on any atom is 0.320 e. The van der Waals surface area contributed by atoms with Gasteiger partial charge in [0.1, 0.15) is 29.8 Å². The molecule has 5 atom stereocenters. The van der Waals surface area contributed by atoms with E-state index in [4.69, 9.17) is 20.7 Å². The molecule has 0 aromatic rings. The molecular formula is C9H17NO6S. The van der Waals surface area contributed by atoms with Gasteiger partial charge < -0.3 is 30.9 Å². The molecule has 0 spiro atoms. The lowest BCUT2D eigenvalue weighted by Gasteiger charge is -2.14. The number of carboxylic acids is 1. The van der Waals surface area contributed by atoms with Crippen LogP contribution in [0.1, 0.15) is 6.42 Å². The summed E-state index contributed by atoms with van der Waals surface area (Å²) in [6.45, 7) is -0.371. The number of thioether (sulfide) groups is 1. The van der Waals surface area contributed by atoms with Gasteiger partial charge in [0.25, 0.3) is 0 Å². The SMILES string of the molecule is NC(CCSC1O[C@H](CO)[C@@H](O)[C@H]1O)C(=O)O. The summed E-state index contributed by atoms with van der Waals surface area (Å²) in [6, 6.07) is -0.945. The molecule has 17 heavy (non-hydrogen) atoms. The van der Waals surface area contributed by atoms with Crippen molar-refractivity contribution in [2.24, 2.45) is 5.73 Å². The van der Waals surface area contributed by atoms with Crippen LogP contribution in [0.5, 0.6) is 0 Å². The Balaban J connectivity index is 2.31. The molecule has 1 heterocycles. The fourth-order valence-corrected chi connectivity index (χ4v) is 2.64. The van der Waals surface area contributed by atoms with Crippen molar-refractivity contribution in [1.82, 2.24) is 0 Å². The van der Waals surface area contributed by atoms with Crippen LogP contribution in [0.15, 0.2) is 0 Å². The van der Waals surface area contributed by atoms with E-state index in [1.165, 1.54) is 11.8 Å². The Hall–Kier alpha value is -0.380. The average molecular weight is 267 g/mol. The second-order valence-electron chi connectivity index (χ2n) is 3.81. The van der Waals surface area contributed by atoms with E-state index in [2.05, 4.69) is 0 Å². The van der Waals surface area contributed by atoms with Gasteiger partial charge in [0, 0.05) is 0 Å². The first-order valence-electron chi connectivity index (χ1n) is 5.19. The molecule has 0 aromatic carbocycles. The summed E-state index contributed by atoms with van der Waals surface area (Å²) in [6.07, 6.45) is -2.76. The van der Waals surface area contributed by atoms with Gasteiger partial charge in [0.2, 0.25) is 0 Å². The van der Waals surface area contributed by atoms with Crippen molar-refractivity contribution in [2.75, 3.05) is 12.4 Å². The number of carboxylic acid groups (broad SMARTS) is 1. The van der Waals surface area contributed by atoms with E-state index in [1.54, 1.807) is 0 Å². The molecule has 1 rings (SSSR count). The number of aliphatic hydroxyl groups is 3. The fourth-order valence-electron chi connectivity index (χ4n) is 1.44. The van der Waals surface area contributed by atoms with Gasteiger partial charge in [0.15, 0.2) is 0 Å². The van der Waals surface area contributed by atoms with Gasteiger partial charge in [-0.15, -0.1) is 11.8 Å². The molecule has 6 N–H and O–H groups in total. The molecule has 1 fully saturated rings. The molecular weight excluding hydrogens is 250 g/mol. The highest BCUT2D eigenvalue weighted by Gasteiger charge is 2.42. The van der Waals surface area contributed by atoms with Crippen LogP contribution in [0.25, 0.3) is 0 Å². The van der Waals surface area contributed by atoms with Crippen LogP contribution in [0.3, 0.4) is 0 Å². The molecule has 7 nitrogen and oxygen atoms in total. The Morgan fingerprint density at radius 3 is 2.53 bits per heavy atom. The van der Waals surface area contributed by atoms with E-state index < -0.39 is 35.8 Å². The molecule has 0 radical (unpaired) electrons. The van der Waals surface area contributed by atoms with Crippen molar-refractivity contribution in [2.45, 2.75) is 36.2 Å². The van der Waals surface area contributed by atoms with Gasteiger partial charge in [-0.05, 0) is 12.2 Å². The highest BCUT2D eigenvalue weighted by Crippen LogP contribution is 2.29. The molecule has 1 aliphatic heterocycles. The van der Waals surface area contributed by atoms with Gasteiger partial charge in [-0.25, -0.2) is 0 Å². The molecule has 1 aliphatic rings. The molecule has 2 unspecified atom stereocenters. The Morgan fingerprint density at radius 1 is 1.41 bits per heavy atom. The predicted molar refractivity (Wildman–Crippen MR) is 60.4 cm³/mol. The number of nitrogens with two attached hydrogens (primary N) is 1. The van der Waals surface area contributed by atoms with Crippen LogP contribution in [-0.4, -0.2) is 68.5 Å². The lowest BCUT2D eigenvalue weighted by atomic mass is 10.2. The third-order valence-corrected chi connectivity index (χ3v) is 3.72. The zero-order chi connectivity index (χ0) is 13.0. The van der Waals surface area contributed by atoms with Crippen molar-refractivity contribution in [3.63, 3.8) is 0 Å². The lowest BCUT2D eigenvalue weighted by Crippen LogP contribution is -2.33. The maximum absolute atomic E-state index is 10.5. The first-order chi connectivity index (χ1) is 7.97. The standard InChI is InChI=1S/C9H17NO6S/c10-4(8(14)15)1-2-17-9-7(13)6(12)5(3-11)16-9/h4-7,9,11-13H,1-3,10H2,(H,14,15)/t4?,5-,6-,7-,9?/m1/s1. The van der Waals surface area contributed by atoms with E-state index in [9.17, 15) is 15.0 Å². The van der Waals surface area contributed by atoms with Crippen LogP contribution in [0.4, 0.5) is 0 Å². The molecule has 1 saturated heterocycles. The minimum atomic E-state index is -1.12. The van der Waals surface area contributed by atoms with E-state index in [-0.39, 0.29) is 13.0 Å². The van der Waals surface area contributed by atoms with Crippen LogP contribution >= 0.6 is 11.8 Å². The number of aliphatic hydroxyl groups excluding tert-OH is 3. The molecule has 0 bridgehead atoms. The highest BCUT2D eigenvalue weighted by molar-refractivity contribution is 7.99. The normalized spacial score (nSPS) is 34.8. The average Bonchev–Trinajstić information content (AvgIpc) is 2.56. The smallest absolute Gasteiger partial charge is 0.320 e. The monoisotopic (exact) mass is 267 g/mol. The number of rotatable bonds is 6. The summed E-state index contributed by atoms with van der Waals surface area (Å²) >= 11 is 1.17. The Bertz CT molecular complexity index is 266. The van der Waals surface area contributed by atoms with Gasteiger partial charge in [-0.3, -0.25) is 4.79 Å². The fraction of sp³-hybridized carbons (Fsp3) is 0.889. The summed E-state index contributed by atoms with van der Waals surface area (Å²) in [7, 11) is 0. The topological polar surface area (TPSA) is 133 Å². The van der Waals surface area contributed by atoms with E-state index in [0.29, 0.717) is 5.75 Å². The number of ether oxygens (including phenoxy) is 1. The van der Waals surface area contributed by atoms with Crippen molar-refractivity contribution in [3.05, 3.63) is 0 Å². The minimum absolute atomic E-state index is 0.243. The Labute approximate surface area is 103 Å². The molecule has 8 heteroatoms. The predicted octanol–water partition coefficient (Wildman–Crippen LogP) is -2.04. The third kappa shape index (κ3) is 3.80.